The van der Waals surface area contributed by atoms with Gasteiger partial charge in [-0.1, -0.05) is 31.2 Å². The number of carbonyl (C=O) groups excluding carboxylic acids is 1. The molecular weight excluding hydrogens is 326 g/mol. The van der Waals surface area contributed by atoms with Crippen molar-refractivity contribution in [3.8, 4) is 0 Å². The molecule has 2 atom stereocenters. The Kier molecular flexibility index (Phi) is 4.47. The zero-order valence-electron chi connectivity index (χ0n) is 14.9. The first-order valence-corrected chi connectivity index (χ1v) is 9.15. The number of rotatable bonds is 3. The Morgan fingerprint density at radius 2 is 1.73 bits per heavy atom. The van der Waals surface area contributed by atoms with Crippen molar-refractivity contribution in [3.05, 3.63) is 58.8 Å². The zero-order valence-corrected chi connectivity index (χ0v) is 14.9. The molecule has 4 rings (SSSR count). The number of pyridine rings is 1. The molecule has 5 heteroatoms. The van der Waals surface area contributed by atoms with E-state index < -0.39 is 0 Å². The highest BCUT2D eigenvalue weighted by molar-refractivity contribution is 5.94. The average Bonchev–Trinajstić information content (AvgIpc) is 2.67. The number of hydrogen-bond donors (Lipinski definition) is 2. The molecule has 26 heavy (non-hydrogen) atoms. The van der Waals surface area contributed by atoms with E-state index in [0.29, 0.717) is 16.7 Å². The Morgan fingerprint density at radius 3 is 2.35 bits per heavy atom. The number of hydrogen-bond acceptors (Lipinski definition) is 3. The number of nitrogens with one attached hydrogen (secondary N) is 2. The Hall–Kier alpha value is -2.66. The van der Waals surface area contributed by atoms with Gasteiger partial charge in [-0.25, -0.2) is 0 Å². The van der Waals surface area contributed by atoms with Gasteiger partial charge in [0.1, 0.15) is 6.54 Å². The van der Waals surface area contributed by atoms with Crippen molar-refractivity contribution in [2.24, 2.45) is 5.92 Å². The summed E-state index contributed by atoms with van der Waals surface area (Å²) < 4.78 is 1.95. The molecule has 0 aliphatic carbocycles. The number of piperidine rings is 1. The standard InChI is InChI=1S/C21H23N3O2/c1-14-12-22-11-10-17(14)23-20(25)13-24-18-8-4-2-6-15(18)21(26)16-7-3-5-9-19(16)24/h2-9,14,17,22H,10-13H2,1H3,(H,23,25). The second kappa shape index (κ2) is 6.92. The summed E-state index contributed by atoms with van der Waals surface area (Å²) in [5, 5.41) is 7.83. The van der Waals surface area contributed by atoms with E-state index >= 15 is 0 Å². The van der Waals surface area contributed by atoms with Crippen molar-refractivity contribution < 1.29 is 4.79 Å². The number of fused-ring (bicyclic) bond motifs is 2. The van der Waals surface area contributed by atoms with Gasteiger partial charge in [-0.15, -0.1) is 0 Å². The van der Waals surface area contributed by atoms with Crippen LogP contribution in [0.1, 0.15) is 13.3 Å². The molecule has 5 nitrogen and oxygen atoms in total. The van der Waals surface area contributed by atoms with Gasteiger partial charge in [-0.3, -0.25) is 9.59 Å². The fraction of sp³-hybridized carbons (Fsp3) is 0.333. The second-order valence-corrected chi connectivity index (χ2v) is 7.09. The summed E-state index contributed by atoms with van der Waals surface area (Å²) >= 11 is 0. The smallest absolute Gasteiger partial charge is 0.240 e. The molecule has 1 fully saturated rings. The van der Waals surface area contributed by atoms with Crippen molar-refractivity contribution in [1.29, 1.82) is 0 Å². The van der Waals surface area contributed by atoms with Gasteiger partial charge in [0.05, 0.1) is 11.0 Å². The fourth-order valence-electron chi connectivity index (χ4n) is 3.87. The quantitative estimate of drug-likeness (QED) is 0.713. The van der Waals surface area contributed by atoms with E-state index in [9.17, 15) is 9.59 Å². The van der Waals surface area contributed by atoms with Gasteiger partial charge in [0, 0.05) is 16.8 Å². The summed E-state index contributed by atoms with van der Waals surface area (Å²) in [6.45, 7) is 4.22. The van der Waals surface area contributed by atoms with Crippen molar-refractivity contribution >= 4 is 27.7 Å². The molecule has 1 saturated heterocycles. The second-order valence-electron chi connectivity index (χ2n) is 7.09. The van der Waals surface area contributed by atoms with Gasteiger partial charge < -0.3 is 15.2 Å². The van der Waals surface area contributed by atoms with E-state index in [1.165, 1.54) is 0 Å². The lowest BCUT2D eigenvalue weighted by molar-refractivity contribution is -0.122. The van der Waals surface area contributed by atoms with Crippen LogP contribution in [0.2, 0.25) is 0 Å². The van der Waals surface area contributed by atoms with E-state index in [1.54, 1.807) is 0 Å². The van der Waals surface area contributed by atoms with Gasteiger partial charge in [0.25, 0.3) is 0 Å². The minimum absolute atomic E-state index is 0.0114. The lowest BCUT2D eigenvalue weighted by Gasteiger charge is -2.30. The molecule has 1 aliphatic heterocycles. The Bertz CT molecular complexity index is 965. The summed E-state index contributed by atoms with van der Waals surface area (Å²) in [6.07, 6.45) is 0.943. The monoisotopic (exact) mass is 349 g/mol. The van der Waals surface area contributed by atoms with Crippen LogP contribution in [0.3, 0.4) is 0 Å². The van der Waals surface area contributed by atoms with Crippen LogP contribution in [0.15, 0.2) is 53.3 Å². The van der Waals surface area contributed by atoms with E-state index in [4.69, 9.17) is 0 Å². The molecule has 0 spiro atoms. The molecule has 2 heterocycles. The first kappa shape index (κ1) is 16.8. The Balaban J connectivity index is 1.74. The summed E-state index contributed by atoms with van der Waals surface area (Å²) in [5.74, 6) is 0.401. The minimum Gasteiger partial charge on any atom is -0.351 e. The molecule has 0 bridgehead atoms. The SMILES string of the molecule is CC1CNCCC1NC(=O)Cn1c2ccccc2c(=O)c2ccccc21. The van der Waals surface area contributed by atoms with E-state index in [2.05, 4.69) is 17.6 Å². The van der Waals surface area contributed by atoms with E-state index in [1.807, 2.05) is 53.1 Å². The summed E-state index contributed by atoms with van der Waals surface area (Å²) in [4.78, 5) is 25.5. The largest absolute Gasteiger partial charge is 0.351 e. The number of aromatic nitrogens is 1. The minimum atomic E-state index is -0.0114. The first-order chi connectivity index (χ1) is 12.6. The van der Waals surface area contributed by atoms with Crippen LogP contribution in [0.5, 0.6) is 0 Å². The molecule has 0 saturated carbocycles. The summed E-state index contributed by atoms with van der Waals surface area (Å²) in [6, 6.07) is 15.2. The third-order valence-corrected chi connectivity index (χ3v) is 5.31. The molecule has 3 aromatic rings. The zero-order chi connectivity index (χ0) is 18.1. The topological polar surface area (TPSA) is 63.1 Å². The van der Waals surface area contributed by atoms with Crippen LogP contribution in [-0.4, -0.2) is 29.6 Å². The van der Waals surface area contributed by atoms with Crippen LogP contribution >= 0.6 is 0 Å². The average molecular weight is 349 g/mol. The molecule has 2 aromatic carbocycles. The molecule has 2 unspecified atom stereocenters. The van der Waals surface area contributed by atoms with Gasteiger partial charge in [-0.2, -0.15) is 0 Å². The molecular formula is C21H23N3O2. The first-order valence-electron chi connectivity index (χ1n) is 9.15. The lowest BCUT2D eigenvalue weighted by atomic mass is 9.95. The number of benzene rings is 2. The van der Waals surface area contributed by atoms with Crippen LogP contribution in [0.4, 0.5) is 0 Å². The van der Waals surface area contributed by atoms with Crippen molar-refractivity contribution in [3.63, 3.8) is 0 Å². The predicted octanol–water partition coefficient (Wildman–Crippen LogP) is 2.27. The Labute approximate surface area is 152 Å². The van der Waals surface area contributed by atoms with Crippen LogP contribution in [-0.2, 0) is 11.3 Å². The van der Waals surface area contributed by atoms with E-state index in [-0.39, 0.29) is 23.9 Å². The maximum Gasteiger partial charge on any atom is 0.240 e. The maximum absolute atomic E-state index is 12.8. The number of nitrogens with zero attached hydrogens (tertiary/aromatic N) is 1. The Morgan fingerprint density at radius 1 is 1.12 bits per heavy atom. The van der Waals surface area contributed by atoms with Crippen LogP contribution < -0.4 is 16.1 Å². The van der Waals surface area contributed by atoms with Crippen molar-refractivity contribution in [1.82, 2.24) is 15.2 Å². The molecule has 0 radical (unpaired) electrons. The van der Waals surface area contributed by atoms with Crippen LogP contribution in [0.25, 0.3) is 21.8 Å². The summed E-state index contributed by atoms with van der Waals surface area (Å²) in [7, 11) is 0. The molecule has 1 amide bonds. The van der Waals surface area contributed by atoms with Crippen molar-refractivity contribution in [2.45, 2.75) is 25.9 Å². The fourth-order valence-corrected chi connectivity index (χ4v) is 3.87. The summed E-state index contributed by atoms with van der Waals surface area (Å²) in [5.41, 5.74) is 1.61. The molecule has 2 N–H and O–H groups in total. The molecule has 134 valence electrons. The van der Waals surface area contributed by atoms with E-state index in [0.717, 1.165) is 30.5 Å². The predicted molar refractivity (Wildman–Crippen MR) is 104 cm³/mol. The lowest BCUT2D eigenvalue weighted by Crippen LogP contribution is -2.49. The van der Waals surface area contributed by atoms with Gasteiger partial charge in [-0.05, 0) is 49.7 Å². The van der Waals surface area contributed by atoms with Gasteiger partial charge >= 0.3 is 0 Å². The highest BCUT2D eigenvalue weighted by atomic mass is 16.2. The molecule has 1 aliphatic rings. The van der Waals surface area contributed by atoms with Crippen molar-refractivity contribution in [2.75, 3.05) is 13.1 Å². The normalized spacial score (nSPS) is 20.3. The third-order valence-electron chi connectivity index (χ3n) is 5.31. The highest BCUT2D eigenvalue weighted by Crippen LogP contribution is 2.19. The third kappa shape index (κ3) is 2.99. The van der Waals surface area contributed by atoms with Gasteiger partial charge in [0.2, 0.25) is 5.91 Å². The molecule has 1 aromatic heterocycles. The van der Waals surface area contributed by atoms with Crippen LogP contribution in [0, 0.1) is 5.92 Å². The number of para-hydroxylation sites is 2. The van der Waals surface area contributed by atoms with Gasteiger partial charge in [0.15, 0.2) is 5.43 Å². The number of amides is 1. The highest BCUT2D eigenvalue weighted by Gasteiger charge is 2.23. The number of carbonyl (C=O) groups is 1. The maximum atomic E-state index is 12.8.